The van der Waals surface area contributed by atoms with E-state index in [9.17, 15) is 9.59 Å². The third kappa shape index (κ3) is 7.74. The van der Waals surface area contributed by atoms with Crippen LogP contribution in [0, 0.1) is 5.92 Å². The zero-order chi connectivity index (χ0) is 30.3. The van der Waals surface area contributed by atoms with Gasteiger partial charge in [-0.3, -0.25) is 9.59 Å². The van der Waals surface area contributed by atoms with Gasteiger partial charge in [0.15, 0.2) is 0 Å². The number of amides is 2. The van der Waals surface area contributed by atoms with Gasteiger partial charge in [-0.15, -0.1) is 20.4 Å². The van der Waals surface area contributed by atoms with Gasteiger partial charge in [0.25, 0.3) is 0 Å². The second-order valence-electron chi connectivity index (χ2n) is 10.7. The zero-order valence-electron chi connectivity index (χ0n) is 24.1. The Morgan fingerprint density at radius 2 is 1.52 bits per heavy atom. The molecule has 2 amide bonds. The van der Waals surface area contributed by atoms with Crippen molar-refractivity contribution in [2.24, 2.45) is 5.92 Å². The van der Waals surface area contributed by atoms with Crippen LogP contribution < -0.4 is 10.6 Å². The summed E-state index contributed by atoms with van der Waals surface area (Å²) in [4.78, 5) is 25.1. The number of rotatable bonds is 14. The lowest BCUT2D eigenvalue weighted by Gasteiger charge is -2.21. The summed E-state index contributed by atoms with van der Waals surface area (Å²) in [5, 5.41) is 25.9. The number of aromatic nitrogens is 4. The minimum absolute atomic E-state index is 0.108. The average molecular weight is 629 g/mol. The van der Waals surface area contributed by atoms with Gasteiger partial charge >= 0.3 is 0 Å². The van der Waals surface area contributed by atoms with Gasteiger partial charge in [-0.05, 0) is 55.9 Å². The van der Waals surface area contributed by atoms with Crippen molar-refractivity contribution >= 4 is 67.9 Å². The first kappa shape index (κ1) is 29.6. The Kier molecular flexibility index (Phi) is 9.37. The fourth-order valence-corrected chi connectivity index (χ4v) is 6.45. The molecular formula is C32H32N6O4S2. The van der Waals surface area contributed by atoms with E-state index < -0.39 is 0 Å². The Hall–Kier alpha value is -4.42. The Labute approximate surface area is 262 Å². The first-order valence-electron chi connectivity index (χ1n) is 14.7. The summed E-state index contributed by atoms with van der Waals surface area (Å²) < 4.78 is 11.5. The number of carbonyl (C=O) groups is 2. The van der Waals surface area contributed by atoms with Crippen LogP contribution in [0.5, 0.6) is 0 Å². The number of para-hydroxylation sites is 1. The number of nitrogens with one attached hydrogen (secondary N) is 2. The molecule has 226 valence electrons. The lowest BCUT2D eigenvalue weighted by Crippen LogP contribution is -2.13. The molecule has 1 saturated carbocycles. The third-order valence-corrected chi connectivity index (χ3v) is 9.13. The number of allylic oxidation sites excluding steroid dienone is 1. The second-order valence-corrected chi connectivity index (χ2v) is 12.8. The van der Waals surface area contributed by atoms with E-state index in [0.717, 1.165) is 52.2 Å². The number of hydrogen-bond acceptors (Lipinski definition) is 10. The van der Waals surface area contributed by atoms with Crippen LogP contribution >= 0.6 is 22.7 Å². The molecule has 0 unspecified atom stereocenters. The van der Waals surface area contributed by atoms with Crippen LogP contribution in [0.25, 0.3) is 23.1 Å². The molecule has 5 aromatic rings. The molecular weight excluding hydrogens is 597 g/mol. The molecule has 0 atom stereocenters. The van der Waals surface area contributed by atoms with E-state index >= 15 is 0 Å². The van der Waals surface area contributed by atoms with E-state index in [0.29, 0.717) is 33.5 Å². The molecule has 44 heavy (non-hydrogen) atoms. The molecule has 4 aromatic heterocycles. The quantitative estimate of drug-likeness (QED) is 0.124. The monoisotopic (exact) mass is 628 g/mol. The molecule has 1 fully saturated rings. The van der Waals surface area contributed by atoms with Gasteiger partial charge < -0.3 is 19.5 Å². The number of anilines is 2. The minimum atomic E-state index is -0.205. The van der Waals surface area contributed by atoms with Gasteiger partial charge in [0.2, 0.25) is 22.1 Å². The number of carbonyl (C=O) groups excluding carboxylic acids is 2. The average Bonchev–Trinajstić information content (AvgIpc) is 3.77. The van der Waals surface area contributed by atoms with E-state index in [1.54, 1.807) is 6.08 Å². The van der Waals surface area contributed by atoms with Gasteiger partial charge in [0, 0.05) is 23.8 Å². The molecule has 0 radical (unpaired) electrons. The van der Waals surface area contributed by atoms with Crippen molar-refractivity contribution in [3.63, 3.8) is 0 Å². The molecule has 0 spiro atoms. The molecule has 10 nitrogen and oxygen atoms in total. The summed E-state index contributed by atoms with van der Waals surface area (Å²) in [5.41, 5.74) is 1.71. The smallest absolute Gasteiger partial charge is 0.233 e. The maximum atomic E-state index is 12.6. The Morgan fingerprint density at radius 1 is 0.886 bits per heavy atom. The molecule has 2 N–H and O–H groups in total. The summed E-state index contributed by atoms with van der Waals surface area (Å²) in [5.74, 6) is 2.10. The van der Waals surface area contributed by atoms with Gasteiger partial charge in [-0.2, -0.15) is 0 Å². The first-order valence-corrected chi connectivity index (χ1v) is 16.3. The van der Waals surface area contributed by atoms with E-state index in [1.165, 1.54) is 41.9 Å². The number of fused-ring (bicyclic) bond motifs is 1. The van der Waals surface area contributed by atoms with E-state index in [4.69, 9.17) is 8.83 Å². The number of nitrogens with zero attached hydrogens (tertiary/aromatic N) is 4. The largest absolute Gasteiger partial charge is 0.461 e. The Morgan fingerprint density at radius 3 is 2.11 bits per heavy atom. The molecule has 0 saturated heterocycles. The fraction of sp³-hybridized carbons (Fsp3) is 0.312. The van der Waals surface area contributed by atoms with Crippen molar-refractivity contribution in [3.05, 3.63) is 81.9 Å². The number of unbranched alkanes of at least 4 members (excludes halogenated alkanes) is 1. The summed E-state index contributed by atoms with van der Waals surface area (Å²) in [6, 6.07) is 11.4. The Balaban J connectivity index is 0.905. The lowest BCUT2D eigenvalue weighted by atomic mass is 9.85. The molecule has 0 bridgehead atoms. The first-order chi connectivity index (χ1) is 21.5. The molecule has 12 heteroatoms. The molecule has 4 heterocycles. The van der Waals surface area contributed by atoms with Crippen molar-refractivity contribution in [1.29, 1.82) is 0 Å². The van der Waals surface area contributed by atoms with Crippen LogP contribution in [0.3, 0.4) is 0 Å². The van der Waals surface area contributed by atoms with Gasteiger partial charge in [-0.1, -0.05) is 66.0 Å². The van der Waals surface area contributed by atoms with Crippen molar-refractivity contribution < 1.29 is 18.4 Å². The van der Waals surface area contributed by atoms with E-state index in [2.05, 4.69) is 49.8 Å². The van der Waals surface area contributed by atoms with E-state index in [1.807, 2.05) is 36.4 Å². The van der Waals surface area contributed by atoms with Crippen LogP contribution in [0.1, 0.15) is 65.0 Å². The normalized spacial score (nSPS) is 13.4. The van der Waals surface area contributed by atoms with Crippen molar-refractivity contribution in [2.45, 2.75) is 57.8 Å². The van der Waals surface area contributed by atoms with Gasteiger partial charge in [0.1, 0.15) is 32.9 Å². The number of furan rings is 2. The molecule has 0 aliphatic heterocycles. The van der Waals surface area contributed by atoms with Crippen LogP contribution in [-0.4, -0.2) is 32.2 Å². The highest BCUT2D eigenvalue weighted by Gasteiger charge is 2.16. The maximum Gasteiger partial charge on any atom is 0.233 e. The summed E-state index contributed by atoms with van der Waals surface area (Å²) in [6.45, 7) is 3.82. The summed E-state index contributed by atoms with van der Waals surface area (Å²) in [7, 11) is 0. The number of hydrogen-bond donors (Lipinski definition) is 2. The van der Waals surface area contributed by atoms with Crippen LogP contribution in [0.4, 0.5) is 10.3 Å². The maximum absolute atomic E-state index is 12.6. The summed E-state index contributed by atoms with van der Waals surface area (Å²) in [6.07, 6.45) is 13.2. The minimum Gasteiger partial charge on any atom is -0.461 e. The lowest BCUT2D eigenvalue weighted by molar-refractivity contribution is -0.116. The standard InChI is InChI=1S/C32H32N6O4S2/c1-2-25-22(15-14-20-8-7-9-20)17-23(41-25)18-27(39)33-31-37-35-29(43-31)12-5-6-13-30-36-38-32(44-30)34-28(40)19-24-16-21-10-3-4-11-26(21)42-24/h2-4,10-11,14-17,20H,1,5-9,12-13,18-19H2,(H,33,37,39)(H,34,38,40)/b15-14+. The third-order valence-electron chi connectivity index (χ3n) is 7.33. The molecule has 1 aliphatic rings. The van der Waals surface area contributed by atoms with Gasteiger partial charge in [0.05, 0.1) is 12.8 Å². The highest BCUT2D eigenvalue weighted by Crippen LogP contribution is 2.29. The van der Waals surface area contributed by atoms with Crippen molar-refractivity contribution in [2.75, 3.05) is 10.6 Å². The second kappa shape index (κ2) is 13.9. The summed E-state index contributed by atoms with van der Waals surface area (Å²) >= 11 is 2.74. The number of benzene rings is 1. The molecule has 6 rings (SSSR count). The molecule has 1 aliphatic carbocycles. The molecule has 1 aromatic carbocycles. The van der Waals surface area contributed by atoms with Crippen molar-refractivity contribution in [1.82, 2.24) is 20.4 Å². The van der Waals surface area contributed by atoms with Crippen LogP contribution in [0.15, 0.2) is 57.9 Å². The predicted octanol–water partition coefficient (Wildman–Crippen LogP) is 7.11. The van der Waals surface area contributed by atoms with Gasteiger partial charge in [-0.25, -0.2) is 0 Å². The van der Waals surface area contributed by atoms with Crippen LogP contribution in [0.2, 0.25) is 0 Å². The van der Waals surface area contributed by atoms with Crippen molar-refractivity contribution in [3.8, 4) is 0 Å². The van der Waals surface area contributed by atoms with Crippen LogP contribution in [-0.2, 0) is 35.3 Å². The highest BCUT2D eigenvalue weighted by molar-refractivity contribution is 7.15. The topological polar surface area (TPSA) is 136 Å². The fourth-order valence-electron chi connectivity index (χ4n) is 4.85. The number of aryl methyl sites for hydroxylation is 2. The van der Waals surface area contributed by atoms with E-state index in [-0.39, 0.29) is 24.7 Å². The SMILES string of the molecule is C=Cc1oc(CC(=O)Nc2nnc(CCCCc3nnc(NC(=O)Cc4cc5ccccc5o4)s3)s2)cc1/C=C/C1CCC1. The predicted molar refractivity (Wildman–Crippen MR) is 173 cm³/mol. The zero-order valence-corrected chi connectivity index (χ0v) is 25.7. The highest BCUT2D eigenvalue weighted by atomic mass is 32.1. The Bertz CT molecular complexity index is 1760.